The van der Waals surface area contributed by atoms with Gasteiger partial charge in [0.2, 0.25) is 0 Å². The lowest BCUT2D eigenvalue weighted by molar-refractivity contribution is 0.236. The van der Waals surface area contributed by atoms with Gasteiger partial charge in [-0.3, -0.25) is 19.3 Å². The van der Waals surface area contributed by atoms with Gasteiger partial charge in [-0.25, -0.2) is 9.97 Å². The van der Waals surface area contributed by atoms with Gasteiger partial charge in [-0.15, -0.1) is 0 Å². The van der Waals surface area contributed by atoms with Crippen LogP contribution in [0.15, 0.2) is 60.0 Å². The molecule has 4 heterocycles. The first-order valence-electron chi connectivity index (χ1n) is 10.0. The number of hydrogen-bond donors (Lipinski definition) is 1. The first-order valence-corrected chi connectivity index (χ1v) is 10.0. The van der Waals surface area contributed by atoms with Crippen LogP contribution in [0, 0.1) is 0 Å². The Balaban J connectivity index is 1.74. The minimum atomic E-state index is -0.368. The van der Waals surface area contributed by atoms with E-state index in [1.54, 1.807) is 25.4 Å². The standard InChI is InChI=1S/C23H21N5O2/c1-14(12-29)28-13-26-22-18(23(28)30)9-20(27-21(22)17-3-2-8-24-10-17)16-6-7-19(25-11-16)15-4-5-15/h2-3,6-11,13-15,29H,4-5,12H2,1H3/t14-/m0/s1. The first kappa shape index (κ1) is 18.6. The number of hydrogen-bond acceptors (Lipinski definition) is 6. The van der Waals surface area contributed by atoms with Crippen molar-refractivity contribution in [3.8, 4) is 22.5 Å². The second kappa shape index (κ2) is 7.42. The van der Waals surface area contributed by atoms with E-state index < -0.39 is 0 Å². The number of aliphatic hydroxyl groups is 1. The van der Waals surface area contributed by atoms with E-state index in [1.165, 1.54) is 23.7 Å². The lowest BCUT2D eigenvalue weighted by Gasteiger charge is -2.14. The molecule has 30 heavy (non-hydrogen) atoms. The maximum Gasteiger partial charge on any atom is 0.261 e. The minimum absolute atomic E-state index is 0.146. The van der Waals surface area contributed by atoms with Crippen LogP contribution in [0.1, 0.15) is 37.4 Å². The van der Waals surface area contributed by atoms with Crippen molar-refractivity contribution in [2.75, 3.05) is 6.61 Å². The number of pyridine rings is 3. The fourth-order valence-electron chi connectivity index (χ4n) is 3.57. The number of aromatic nitrogens is 5. The van der Waals surface area contributed by atoms with Gasteiger partial charge in [-0.05, 0) is 50.1 Å². The predicted octanol–water partition coefficient (Wildman–Crippen LogP) is 3.35. The van der Waals surface area contributed by atoms with E-state index in [9.17, 15) is 9.90 Å². The molecule has 150 valence electrons. The van der Waals surface area contributed by atoms with E-state index in [2.05, 4.69) is 15.0 Å². The van der Waals surface area contributed by atoms with Crippen LogP contribution in [0.4, 0.5) is 0 Å². The Morgan fingerprint density at radius 2 is 2.03 bits per heavy atom. The van der Waals surface area contributed by atoms with Crippen LogP contribution in [-0.2, 0) is 0 Å². The minimum Gasteiger partial charge on any atom is -0.394 e. The summed E-state index contributed by atoms with van der Waals surface area (Å²) in [6, 6.07) is 9.17. The van der Waals surface area contributed by atoms with Gasteiger partial charge >= 0.3 is 0 Å². The molecule has 0 saturated heterocycles. The van der Waals surface area contributed by atoms with Crippen LogP contribution in [0.2, 0.25) is 0 Å². The third kappa shape index (κ3) is 3.27. The van der Waals surface area contributed by atoms with Crippen LogP contribution in [0.25, 0.3) is 33.4 Å². The Hall–Kier alpha value is -3.45. The molecule has 0 bridgehead atoms. The smallest absolute Gasteiger partial charge is 0.261 e. The summed E-state index contributed by atoms with van der Waals surface area (Å²) in [6.07, 6.45) is 9.09. The Kier molecular flexibility index (Phi) is 4.59. The van der Waals surface area contributed by atoms with Gasteiger partial charge in [0, 0.05) is 41.3 Å². The van der Waals surface area contributed by atoms with Gasteiger partial charge in [0.05, 0.1) is 35.8 Å². The molecule has 1 aliphatic carbocycles. The zero-order valence-corrected chi connectivity index (χ0v) is 16.6. The van der Waals surface area contributed by atoms with E-state index in [-0.39, 0.29) is 18.2 Å². The molecule has 1 fully saturated rings. The lowest BCUT2D eigenvalue weighted by atomic mass is 10.1. The summed E-state index contributed by atoms with van der Waals surface area (Å²) >= 11 is 0. The summed E-state index contributed by atoms with van der Waals surface area (Å²) in [7, 11) is 0. The van der Waals surface area contributed by atoms with Crippen molar-refractivity contribution < 1.29 is 5.11 Å². The normalized spacial score (nSPS) is 14.7. The van der Waals surface area contributed by atoms with Crippen LogP contribution >= 0.6 is 0 Å². The molecule has 7 nitrogen and oxygen atoms in total. The average Bonchev–Trinajstić information content (AvgIpc) is 3.65. The number of rotatable bonds is 5. The summed E-state index contributed by atoms with van der Waals surface area (Å²) in [5, 5.41) is 9.96. The molecule has 0 aliphatic heterocycles. The zero-order chi connectivity index (χ0) is 20.7. The second-order valence-electron chi connectivity index (χ2n) is 7.73. The molecule has 4 aromatic heterocycles. The third-order valence-electron chi connectivity index (χ3n) is 5.52. The molecule has 7 heteroatoms. The van der Waals surface area contributed by atoms with Crippen molar-refractivity contribution in [3.63, 3.8) is 0 Å². The van der Waals surface area contributed by atoms with Gasteiger partial charge in [-0.2, -0.15) is 0 Å². The molecular weight excluding hydrogens is 378 g/mol. The molecule has 0 spiro atoms. The predicted molar refractivity (Wildman–Crippen MR) is 114 cm³/mol. The molecule has 0 amide bonds. The molecule has 1 N–H and O–H groups in total. The monoisotopic (exact) mass is 399 g/mol. The van der Waals surface area contributed by atoms with Crippen molar-refractivity contribution in [2.45, 2.75) is 31.7 Å². The van der Waals surface area contributed by atoms with Gasteiger partial charge in [0.1, 0.15) is 5.52 Å². The summed E-state index contributed by atoms with van der Waals surface area (Å²) in [5.41, 5.74) is 4.29. The Bertz CT molecular complexity index is 1260. The van der Waals surface area contributed by atoms with E-state index >= 15 is 0 Å². The molecule has 0 unspecified atom stereocenters. The van der Waals surface area contributed by atoms with E-state index in [1.807, 2.05) is 30.5 Å². The van der Waals surface area contributed by atoms with E-state index in [0.717, 1.165) is 16.8 Å². The first-order chi connectivity index (χ1) is 14.7. The molecular formula is C23H21N5O2. The Morgan fingerprint density at radius 1 is 1.17 bits per heavy atom. The van der Waals surface area contributed by atoms with Crippen LogP contribution in [0.5, 0.6) is 0 Å². The maximum atomic E-state index is 13.2. The molecule has 5 rings (SSSR count). The summed E-state index contributed by atoms with van der Waals surface area (Å²) in [6.45, 7) is 1.63. The molecule has 4 aromatic rings. The zero-order valence-electron chi connectivity index (χ0n) is 16.6. The van der Waals surface area contributed by atoms with Crippen molar-refractivity contribution in [1.82, 2.24) is 24.5 Å². The van der Waals surface area contributed by atoms with Crippen LogP contribution < -0.4 is 5.56 Å². The topological polar surface area (TPSA) is 93.8 Å². The highest BCUT2D eigenvalue weighted by molar-refractivity contribution is 5.93. The number of aliphatic hydroxyl groups excluding tert-OH is 1. The lowest BCUT2D eigenvalue weighted by Crippen LogP contribution is -2.25. The molecule has 0 radical (unpaired) electrons. The Labute approximate surface area is 173 Å². The largest absolute Gasteiger partial charge is 0.394 e. The van der Waals surface area contributed by atoms with Gasteiger partial charge in [0.25, 0.3) is 5.56 Å². The molecule has 1 aliphatic rings. The highest BCUT2D eigenvalue weighted by Crippen LogP contribution is 2.39. The Morgan fingerprint density at radius 3 is 2.70 bits per heavy atom. The molecule has 1 saturated carbocycles. The van der Waals surface area contributed by atoms with Crippen molar-refractivity contribution >= 4 is 10.9 Å². The maximum absolute atomic E-state index is 13.2. The van der Waals surface area contributed by atoms with Crippen molar-refractivity contribution in [3.05, 3.63) is 71.3 Å². The van der Waals surface area contributed by atoms with Gasteiger partial charge in [-0.1, -0.05) is 0 Å². The van der Waals surface area contributed by atoms with Gasteiger partial charge in [0.15, 0.2) is 0 Å². The highest BCUT2D eigenvalue weighted by atomic mass is 16.3. The average molecular weight is 399 g/mol. The number of fused-ring (bicyclic) bond motifs is 1. The summed E-state index contributed by atoms with van der Waals surface area (Å²) in [5.74, 6) is 0.575. The number of nitrogens with zero attached hydrogens (tertiary/aromatic N) is 5. The summed E-state index contributed by atoms with van der Waals surface area (Å²) in [4.78, 5) is 31.3. The highest BCUT2D eigenvalue weighted by Gasteiger charge is 2.24. The van der Waals surface area contributed by atoms with Crippen molar-refractivity contribution in [2.24, 2.45) is 0 Å². The SMILES string of the molecule is C[C@@H](CO)n1cnc2c(-c3cccnc3)nc(-c3ccc(C4CC4)nc3)cc2c1=O. The second-order valence-corrected chi connectivity index (χ2v) is 7.73. The van der Waals surface area contributed by atoms with Crippen molar-refractivity contribution in [1.29, 1.82) is 0 Å². The van der Waals surface area contributed by atoms with Crippen LogP contribution in [-0.4, -0.2) is 36.2 Å². The third-order valence-corrected chi connectivity index (χ3v) is 5.52. The van der Waals surface area contributed by atoms with Crippen LogP contribution in [0.3, 0.4) is 0 Å². The van der Waals surface area contributed by atoms with Gasteiger partial charge < -0.3 is 5.11 Å². The fraction of sp³-hybridized carbons (Fsp3) is 0.261. The fourth-order valence-corrected chi connectivity index (χ4v) is 3.57. The molecule has 0 aromatic carbocycles. The quantitative estimate of drug-likeness (QED) is 0.553. The molecule has 1 atom stereocenters. The van der Waals surface area contributed by atoms with E-state index in [0.29, 0.717) is 28.2 Å². The summed E-state index contributed by atoms with van der Waals surface area (Å²) < 4.78 is 1.45. The van der Waals surface area contributed by atoms with E-state index in [4.69, 9.17) is 4.98 Å².